The summed E-state index contributed by atoms with van der Waals surface area (Å²) in [6, 6.07) is 0. The van der Waals surface area contributed by atoms with Crippen molar-refractivity contribution in [3.05, 3.63) is 17.3 Å². The van der Waals surface area contributed by atoms with Crippen molar-refractivity contribution in [3.63, 3.8) is 0 Å². The number of hydrogen-bond donors (Lipinski definition) is 1. The number of nitrogens with two attached hydrogens (primary N) is 1. The normalized spacial score (nSPS) is 11.6. The lowest BCUT2D eigenvalue weighted by Crippen LogP contribution is -1.97. The number of aromatic nitrogens is 1. The molecule has 0 atom stereocenters. The van der Waals surface area contributed by atoms with Crippen LogP contribution >= 0.6 is 0 Å². The number of nitrogens with zero attached hydrogens (tertiary/aromatic N) is 1. The quantitative estimate of drug-likeness (QED) is 0.780. The van der Waals surface area contributed by atoms with Gasteiger partial charge in [0.1, 0.15) is 5.76 Å². The van der Waals surface area contributed by atoms with Crippen molar-refractivity contribution in [2.45, 2.75) is 46.1 Å². The second-order valence-corrected chi connectivity index (χ2v) is 3.87. The highest BCUT2D eigenvalue weighted by Crippen LogP contribution is 2.26. The van der Waals surface area contributed by atoms with Crippen LogP contribution in [0.4, 0.5) is 0 Å². The van der Waals surface area contributed by atoms with E-state index in [0.717, 1.165) is 11.5 Å². The number of oxazole rings is 1. The molecule has 1 aromatic rings. The first-order chi connectivity index (χ1) is 6.06. The van der Waals surface area contributed by atoms with E-state index in [1.807, 2.05) is 0 Å². The summed E-state index contributed by atoms with van der Waals surface area (Å²) in [4.78, 5) is 4.36. The van der Waals surface area contributed by atoms with Crippen molar-refractivity contribution in [3.8, 4) is 0 Å². The first-order valence-electron chi connectivity index (χ1n) is 4.75. The average Bonchev–Trinajstić information content (AvgIpc) is 2.47. The second-order valence-electron chi connectivity index (χ2n) is 3.87. The van der Waals surface area contributed by atoms with E-state index in [-0.39, 0.29) is 0 Å². The van der Waals surface area contributed by atoms with Gasteiger partial charge in [-0.25, -0.2) is 4.98 Å². The Morgan fingerprint density at radius 3 is 2.15 bits per heavy atom. The summed E-state index contributed by atoms with van der Waals surface area (Å²) in [5, 5.41) is 0. The Labute approximate surface area is 79.3 Å². The number of hydrogen-bond acceptors (Lipinski definition) is 3. The predicted octanol–water partition coefficient (Wildman–Crippen LogP) is 2.38. The van der Waals surface area contributed by atoms with E-state index in [1.54, 1.807) is 0 Å². The van der Waals surface area contributed by atoms with Crippen LogP contribution in [-0.4, -0.2) is 4.98 Å². The van der Waals surface area contributed by atoms with Crippen molar-refractivity contribution in [1.29, 1.82) is 0 Å². The molecule has 0 aliphatic heterocycles. The Morgan fingerprint density at radius 1 is 1.23 bits per heavy atom. The van der Waals surface area contributed by atoms with Crippen LogP contribution in [0.15, 0.2) is 4.42 Å². The molecule has 74 valence electrons. The monoisotopic (exact) mass is 182 g/mol. The molecule has 0 spiro atoms. The van der Waals surface area contributed by atoms with Gasteiger partial charge in [-0.05, 0) is 5.92 Å². The van der Waals surface area contributed by atoms with Gasteiger partial charge in [0, 0.05) is 5.92 Å². The summed E-state index contributed by atoms with van der Waals surface area (Å²) in [5.41, 5.74) is 6.53. The standard InChI is InChI=1S/C10H18N2O/c1-6(2)9-10(7(3)4)13-8(5-11)12-9/h6-7H,5,11H2,1-4H3. The van der Waals surface area contributed by atoms with E-state index in [2.05, 4.69) is 32.7 Å². The van der Waals surface area contributed by atoms with Crippen LogP contribution in [0.1, 0.15) is 56.9 Å². The highest BCUT2D eigenvalue weighted by atomic mass is 16.4. The topological polar surface area (TPSA) is 52.0 Å². The lowest BCUT2D eigenvalue weighted by atomic mass is 10.0. The summed E-state index contributed by atoms with van der Waals surface area (Å²) in [5.74, 6) is 2.41. The van der Waals surface area contributed by atoms with Crippen LogP contribution in [0.25, 0.3) is 0 Å². The van der Waals surface area contributed by atoms with Gasteiger partial charge in [0.05, 0.1) is 12.2 Å². The van der Waals surface area contributed by atoms with Gasteiger partial charge >= 0.3 is 0 Å². The van der Waals surface area contributed by atoms with Crippen LogP contribution in [-0.2, 0) is 6.54 Å². The molecule has 13 heavy (non-hydrogen) atoms. The van der Waals surface area contributed by atoms with E-state index < -0.39 is 0 Å². The zero-order chi connectivity index (χ0) is 10.0. The third kappa shape index (κ3) is 2.10. The molecule has 0 unspecified atom stereocenters. The fraction of sp³-hybridized carbons (Fsp3) is 0.700. The maximum atomic E-state index is 5.55. The third-order valence-electron chi connectivity index (χ3n) is 1.97. The van der Waals surface area contributed by atoms with E-state index in [1.165, 1.54) is 0 Å². The van der Waals surface area contributed by atoms with Gasteiger partial charge in [-0.2, -0.15) is 0 Å². The Morgan fingerprint density at radius 2 is 1.85 bits per heavy atom. The molecule has 0 aromatic carbocycles. The van der Waals surface area contributed by atoms with E-state index in [0.29, 0.717) is 24.3 Å². The summed E-state index contributed by atoms with van der Waals surface area (Å²) >= 11 is 0. The minimum Gasteiger partial charge on any atom is -0.444 e. The van der Waals surface area contributed by atoms with Gasteiger partial charge in [-0.3, -0.25) is 0 Å². The average molecular weight is 182 g/mol. The van der Waals surface area contributed by atoms with Crippen LogP contribution in [0.2, 0.25) is 0 Å². The summed E-state index contributed by atoms with van der Waals surface area (Å²) in [6.07, 6.45) is 0. The Balaban J connectivity index is 3.08. The lowest BCUT2D eigenvalue weighted by molar-refractivity contribution is 0.438. The first kappa shape index (κ1) is 10.3. The fourth-order valence-corrected chi connectivity index (χ4v) is 1.31. The van der Waals surface area contributed by atoms with E-state index in [9.17, 15) is 0 Å². The SMILES string of the molecule is CC(C)c1nc(CN)oc1C(C)C. The molecule has 0 saturated carbocycles. The van der Waals surface area contributed by atoms with Crippen LogP contribution in [0.3, 0.4) is 0 Å². The Hall–Kier alpha value is -0.830. The fourth-order valence-electron chi connectivity index (χ4n) is 1.31. The predicted molar refractivity (Wildman–Crippen MR) is 52.6 cm³/mol. The molecule has 0 bridgehead atoms. The summed E-state index contributed by atoms with van der Waals surface area (Å²) < 4.78 is 5.55. The van der Waals surface area contributed by atoms with E-state index >= 15 is 0 Å². The zero-order valence-electron chi connectivity index (χ0n) is 8.79. The van der Waals surface area contributed by atoms with Crippen LogP contribution in [0, 0.1) is 0 Å². The van der Waals surface area contributed by atoms with Gasteiger partial charge in [-0.15, -0.1) is 0 Å². The number of rotatable bonds is 3. The molecular formula is C10H18N2O. The molecule has 0 fully saturated rings. The minimum atomic E-state index is 0.380. The molecule has 2 N–H and O–H groups in total. The molecule has 1 rings (SSSR count). The largest absolute Gasteiger partial charge is 0.444 e. The minimum absolute atomic E-state index is 0.380. The molecule has 0 amide bonds. The van der Waals surface area contributed by atoms with E-state index in [4.69, 9.17) is 10.2 Å². The van der Waals surface area contributed by atoms with Crippen molar-refractivity contribution in [1.82, 2.24) is 4.98 Å². The zero-order valence-corrected chi connectivity index (χ0v) is 8.79. The smallest absolute Gasteiger partial charge is 0.208 e. The maximum absolute atomic E-state index is 5.55. The van der Waals surface area contributed by atoms with Crippen molar-refractivity contribution >= 4 is 0 Å². The summed E-state index contributed by atoms with van der Waals surface area (Å²) in [6.45, 7) is 8.82. The third-order valence-corrected chi connectivity index (χ3v) is 1.97. The highest BCUT2D eigenvalue weighted by Gasteiger charge is 2.17. The first-order valence-corrected chi connectivity index (χ1v) is 4.75. The summed E-state index contributed by atoms with van der Waals surface area (Å²) in [7, 11) is 0. The Bertz CT molecular complexity index is 251. The molecule has 0 saturated heterocycles. The van der Waals surface area contributed by atoms with Gasteiger partial charge < -0.3 is 10.2 Å². The molecule has 0 radical (unpaired) electrons. The van der Waals surface area contributed by atoms with Gasteiger partial charge in [0.2, 0.25) is 5.89 Å². The van der Waals surface area contributed by atoms with Gasteiger partial charge in [0.15, 0.2) is 0 Å². The van der Waals surface area contributed by atoms with Crippen molar-refractivity contribution in [2.24, 2.45) is 5.73 Å². The molecule has 3 nitrogen and oxygen atoms in total. The molecule has 3 heteroatoms. The molecular weight excluding hydrogens is 164 g/mol. The van der Waals surface area contributed by atoms with Gasteiger partial charge in [-0.1, -0.05) is 27.7 Å². The molecule has 0 aliphatic carbocycles. The molecule has 0 aliphatic rings. The van der Waals surface area contributed by atoms with Crippen LogP contribution in [0.5, 0.6) is 0 Å². The highest BCUT2D eigenvalue weighted by molar-refractivity contribution is 5.17. The molecule has 1 aromatic heterocycles. The Kier molecular flexibility index (Phi) is 3.09. The maximum Gasteiger partial charge on any atom is 0.208 e. The molecule has 1 heterocycles. The van der Waals surface area contributed by atoms with Crippen molar-refractivity contribution < 1.29 is 4.42 Å². The second kappa shape index (κ2) is 3.92. The van der Waals surface area contributed by atoms with Gasteiger partial charge in [0.25, 0.3) is 0 Å². The van der Waals surface area contributed by atoms with Crippen molar-refractivity contribution in [2.75, 3.05) is 0 Å². The van der Waals surface area contributed by atoms with Crippen LogP contribution < -0.4 is 5.73 Å². The lowest BCUT2D eigenvalue weighted by Gasteiger charge is -2.05.